The summed E-state index contributed by atoms with van der Waals surface area (Å²) in [6, 6.07) is 17.4. The molecule has 1 aliphatic rings. The highest BCUT2D eigenvalue weighted by molar-refractivity contribution is 5.83. The van der Waals surface area contributed by atoms with Gasteiger partial charge in [0.05, 0.1) is 16.6 Å². The van der Waals surface area contributed by atoms with Crippen LogP contribution in [0.4, 0.5) is 5.69 Å². The number of imidazole rings is 1. The molecule has 4 aromatic rings. The summed E-state index contributed by atoms with van der Waals surface area (Å²) < 4.78 is 1.64. The highest BCUT2D eigenvalue weighted by Gasteiger charge is 2.11. The Hall–Kier alpha value is -3.12. The van der Waals surface area contributed by atoms with Crippen molar-refractivity contribution in [1.29, 1.82) is 0 Å². The summed E-state index contributed by atoms with van der Waals surface area (Å²) in [5, 5.41) is 4.52. The monoisotopic (exact) mass is 387 g/mol. The maximum absolute atomic E-state index is 12.6. The third-order valence-corrected chi connectivity index (χ3v) is 5.69. The number of likely N-dealkylation sites (tertiary alicyclic amines) is 1. The molecule has 29 heavy (non-hydrogen) atoms. The van der Waals surface area contributed by atoms with E-state index < -0.39 is 0 Å². The molecule has 2 aromatic carbocycles. The Kier molecular flexibility index (Phi) is 4.77. The Morgan fingerprint density at radius 3 is 2.76 bits per heavy atom. The van der Waals surface area contributed by atoms with E-state index in [1.807, 2.05) is 36.4 Å². The summed E-state index contributed by atoms with van der Waals surface area (Å²) in [6.45, 7) is 4.42. The van der Waals surface area contributed by atoms with Gasteiger partial charge in [0, 0.05) is 24.8 Å². The van der Waals surface area contributed by atoms with Crippen molar-refractivity contribution >= 4 is 27.6 Å². The van der Waals surface area contributed by atoms with E-state index in [4.69, 9.17) is 0 Å². The standard InChI is InChI=1S/C23H25N5O/c29-22-11-8-17-6-2-3-7-21(17)28(22)23-25-19-10-9-18(16-20(19)26-23)24-12-15-27-13-4-1-5-14-27/h2-3,6-11,16,24H,1,4-5,12-15H2,(H,25,26). The molecule has 6 heteroatoms. The molecule has 5 rings (SSSR count). The number of aromatic nitrogens is 3. The van der Waals surface area contributed by atoms with Crippen molar-refractivity contribution in [3.05, 3.63) is 65.0 Å². The molecule has 1 saturated heterocycles. The molecule has 1 aliphatic heterocycles. The molecule has 0 saturated carbocycles. The van der Waals surface area contributed by atoms with Crippen molar-refractivity contribution in [2.45, 2.75) is 19.3 Å². The molecule has 3 heterocycles. The molecule has 2 N–H and O–H groups in total. The number of fused-ring (bicyclic) bond motifs is 2. The van der Waals surface area contributed by atoms with Crippen LogP contribution in [0.2, 0.25) is 0 Å². The topological polar surface area (TPSA) is 66.0 Å². The number of nitrogens with zero attached hydrogens (tertiary/aromatic N) is 3. The fourth-order valence-corrected chi connectivity index (χ4v) is 4.16. The summed E-state index contributed by atoms with van der Waals surface area (Å²) in [5.41, 5.74) is 3.58. The van der Waals surface area contributed by atoms with E-state index in [9.17, 15) is 4.79 Å². The van der Waals surface area contributed by atoms with E-state index in [1.54, 1.807) is 10.6 Å². The van der Waals surface area contributed by atoms with Crippen LogP contribution in [0.5, 0.6) is 0 Å². The molecule has 0 radical (unpaired) electrons. The number of aromatic amines is 1. The number of anilines is 1. The molecule has 148 valence electrons. The highest BCUT2D eigenvalue weighted by atomic mass is 16.1. The van der Waals surface area contributed by atoms with Gasteiger partial charge in [0.25, 0.3) is 5.56 Å². The van der Waals surface area contributed by atoms with E-state index in [0.717, 1.165) is 40.7 Å². The minimum absolute atomic E-state index is 0.0948. The number of piperidine rings is 1. The van der Waals surface area contributed by atoms with Crippen molar-refractivity contribution in [3.63, 3.8) is 0 Å². The van der Waals surface area contributed by atoms with Gasteiger partial charge in [0.15, 0.2) is 0 Å². The van der Waals surface area contributed by atoms with Crippen LogP contribution in [-0.4, -0.2) is 45.6 Å². The second-order valence-electron chi connectivity index (χ2n) is 7.69. The van der Waals surface area contributed by atoms with Gasteiger partial charge in [-0.15, -0.1) is 0 Å². The maximum Gasteiger partial charge on any atom is 0.257 e. The van der Waals surface area contributed by atoms with E-state index >= 15 is 0 Å². The molecule has 0 spiro atoms. The van der Waals surface area contributed by atoms with Crippen molar-refractivity contribution in [1.82, 2.24) is 19.4 Å². The van der Waals surface area contributed by atoms with Gasteiger partial charge >= 0.3 is 0 Å². The first-order chi connectivity index (χ1) is 14.3. The molecule has 2 aromatic heterocycles. The van der Waals surface area contributed by atoms with E-state index in [-0.39, 0.29) is 5.56 Å². The van der Waals surface area contributed by atoms with E-state index in [2.05, 4.69) is 32.3 Å². The SMILES string of the molecule is O=c1ccc2ccccc2n1-c1nc2ccc(NCCN3CCCCC3)cc2[nH]1. The first kappa shape index (κ1) is 17.9. The zero-order valence-electron chi connectivity index (χ0n) is 16.4. The van der Waals surface area contributed by atoms with Crippen LogP contribution in [0.3, 0.4) is 0 Å². The van der Waals surface area contributed by atoms with Crippen LogP contribution >= 0.6 is 0 Å². The lowest BCUT2D eigenvalue weighted by molar-refractivity contribution is 0.237. The van der Waals surface area contributed by atoms with Crippen LogP contribution in [0.15, 0.2) is 59.4 Å². The Labute approximate surface area is 169 Å². The Bertz CT molecular complexity index is 1200. The summed E-state index contributed by atoms with van der Waals surface area (Å²) >= 11 is 0. The number of nitrogens with one attached hydrogen (secondary N) is 2. The summed E-state index contributed by atoms with van der Waals surface area (Å²) in [7, 11) is 0. The zero-order chi connectivity index (χ0) is 19.6. The summed E-state index contributed by atoms with van der Waals surface area (Å²) in [4.78, 5) is 23.1. The highest BCUT2D eigenvalue weighted by Crippen LogP contribution is 2.20. The predicted molar refractivity (Wildman–Crippen MR) is 118 cm³/mol. The van der Waals surface area contributed by atoms with Gasteiger partial charge < -0.3 is 15.2 Å². The summed E-state index contributed by atoms with van der Waals surface area (Å²) in [6.07, 6.45) is 4.00. The average molecular weight is 387 g/mol. The van der Waals surface area contributed by atoms with Crippen LogP contribution in [-0.2, 0) is 0 Å². The number of pyridine rings is 1. The fourth-order valence-electron chi connectivity index (χ4n) is 4.16. The fraction of sp³-hybridized carbons (Fsp3) is 0.304. The maximum atomic E-state index is 12.6. The quantitative estimate of drug-likeness (QED) is 0.547. The van der Waals surface area contributed by atoms with Gasteiger partial charge in [0.1, 0.15) is 0 Å². The van der Waals surface area contributed by atoms with Crippen LogP contribution in [0, 0.1) is 0 Å². The third-order valence-electron chi connectivity index (χ3n) is 5.69. The first-order valence-corrected chi connectivity index (χ1v) is 10.4. The predicted octanol–water partition coefficient (Wildman–Crippen LogP) is 3.76. The van der Waals surface area contributed by atoms with E-state index in [0.29, 0.717) is 5.95 Å². The molecule has 1 fully saturated rings. The Morgan fingerprint density at radius 2 is 1.86 bits per heavy atom. The normalized spacial score (nSPS) is 15.2. The largest absolute Gasteiger partial charge is 0.384 e. The van der Waals surface area contributed by atoms with Gasteiger partial charge in [-0.1, -0.05) is 24.6 Å². The molecule has 0 unspecified atom stereocenters. The van der Waals surface area contributed by atoms with Gasteiger partial charge in [-0.05, 0) is 61.6 Å². The molecule has 0 atom stereocenters. The number of hydrogen-bond acceptors (Lipinski definition) is 4. The van der Waals surface area contributed by atoms with Crippen LogP contribution in [0.25, 0.3) is 27.9 Å². The smallest absolute Gasteiger partial charge is 0.257 e. The number of rotatable bonds is 5. The third kappa shape index (κ3) is 3.63. The number of hydrogen-bond donors (Lipinski definition) is 2. The minimum atomic E-state index is -0.0948. The van der Waals surface area contributed by atoms with Gasteiger partial charge in [-0.2, -0.15) is 0 Å². The van der Waals surface area contributed by atoms with Crippen molar-refractivity contribution < 1.29 is 0 Å². The van der Waals surface area contributed by atoms with Gasteiger partial charge in [0.2, 0.25) is 5.95 Å². The lowest BCUT2D eigenvalue weighted by Gasteiger charge is -2.26. The lowest BCUT2D eigenvalue weighted by Crippen LogP contribution is -2.33. The zero-order valence-corrected chi connectivity index (χ0v) is 16.4. The van der Waals surface area contributed by atoms with Gasteiger partial charge in [-0.25, -0.2) is 9.55 Å². The van der Waals surface area contributed by atoms with Crippen molar-refractivity contribution in [3.8, 4) is 5.95 Å². The van der Waals surface area contributed by atoms with E-state index in [1.165, 1.54) is 32.4 Å². The molecule has 0 bridgehead atoms. The average Bonchev–Trinajstić information content (AvgIpc) is 3.17. The molecule has 6 nitrogen and oxygen atoms in total. The van der Waals surface area contributed by atoms with Crippen molar-refractivity contribution in [2.75, 3.05) is 31.5 Å². The first-order valence-electron chi connectivity index (χ1n) is 10.4. The summed E-state index contributed by atoms with van der Waals surface area (Å²) in [5.74, 6) is 0.548. The van der Waals surface area contributed by atoms with Gasteiger partial charge in [-0.3, -0.25) is 4.79 Å². The molecular weight excluding hydrogens is 362 g/mol. The molecule has 0 amide bonds. The Morgan fingerprint density at radius 1 is 1.00 bits per heavy atom. The number of para-hydroxylation sites is 1. The molecule has 0 aliphatic carbocycles. The second kappa shape index (κ2) is 7.72. The molecular formula is C23H25N5O. The number of H-pyrrole nitrogens is 1. The van der Waals surface area contributed by atoms with Crippen LogP contribution in [0.1, 0.15) is 19.3 Å². The Balaban J connectivity index is 1.40. The minimum Gasteiger partial charge on any atom is -0.384 e. The van der Waals surface area contributed by atoms with Crippen LogP contribution < -0.4 is 10.9 Å². The second-order valence-corrected chi connectivity index (χ2v) is 7.69. The van der Waals surface area contributed by atoms with Crippen molar-refractivity contribution in [2.24, 2.45) is 0 Å². The lowest BCUT2D eigenvalue weighted by atomic mass is 10.1. The number of benzene rings is 2.